The Morgan fingerprint density at radius 1 is 0.900 bits per heavy atom. The number of likely N-dealkylation sites (N-methyl/N-ethyl adjacent to an activating group) is 1. The van der Waals surface area contributed by atoms with E-state index in [1.165, 1.54) is 0 Å². The molecule has 0 amide bonds. The number of aliphatic hydroxyl groups is 1. The summed E-state index contributed by atoms with van der Waals surface area (Å²) in [6.45, 7) is 16.2. The summed E-state index contributed by atoms with van der Waals surface area (Å²) in [6.07, 6.45) is -0.527. The van der Waals surface area contributed by atoms with E-state index in [1.807, 2.05) is 62.5 Å². The van der Waals surface area contributed by atoms with Crippen molar-refractivity contribution in [2.45, 2.75) is 25.6 Å². The van der Waals surface area contributed by atoms with Crippen LogP contribution in [-0.2, 0) is 37.9 Å². The summed E-state index contributed by atoms with van der Waals surface area (Å²) in [6, 6.07) is 15.6. The summed E-state index contributed by atoms with van der Waals surface area (Å²) in [4.78, 5) is 2.12. The minimum absolute atomic E-state index is 0. The molecule has 0 fully saturated rings. The number of aliphatic hydroxyl groups excluding tert-OH is 1. The van der Waals surface area contributed by atoms with Crippen LogP contribution in [-0.4, -0.2) is 37.3 Å². The maximum atomic E-state index is 10.5. The first kappa shape index (κ1) is 32.4. The van der Waals surface area contributed by atoms with Crippen LogP contribution >= 0.6 is 0 Å². The molecule has 160 valence electrons. The average Bonchev–Trinajstić information content (AvgIpc) is 2.82. The fourth-order valence-electron chi connectivity index (χ4n) is 2.58. The van der Waals surface area contributed by atoms with Crippen LogP contribution in [0.25, 0.3) is 0 Å². The number of ether oxygens (including phenoxy) is 2. The third kappa shape index (κ3) is 10.5. The van der Waals surface area contributed by atoms with E-state index in [0.717, 1.165) is 22.6 Å². The molecule has 0 heterocycles. The molecule has 0 bridgehead atoms. The predicted octanol–water partition coefficient (Wildman–Crippen LogP) is 3.14. The molecule has 30 heavy (non-hydrogen) atoms. The number of rotatable bonds is 7. The van der Waals surface area contributed by atoms with Gasteiger partial charge < -0.3 is 14.6 Å². The molecule has 0 spiro atoms. The molecule has 1 N–H and O–H groups in total. The Kier molecular flexibility index (Phi) is 21.6. The van der Waals surface area contributed by atoms with E-state index in [0.29, 0.717) is 6.54 Å². The number of hydrogen-bond acceptors (Lipinski definition) is 4. The molecule has 0 radical (unpaired) electrons. The smallest absolute Gasteiger partial charge is 0 e. The standard InChI is InChI=1S/C19H25NO3.3CO.Cr/c1-14(19(21)16-8-6-5-7-9-16)20(2)13-15-10-11-17(22-3)18(12-15)23-4;3*1-2;/h5-12,14,19,21H,13H2,1-4H3;;;;/t14-,19+;;;;/m1..../s1. The van der Waals surface area contributed by atoms with E-state index in [1.54, 1.807) is 14.2 Å². The second kappa shape index (κ2) is 20.0. The molecule has 8 heteroatoms. The summed E-state index contributed by atoms with van der Waals surface area (Å²) in [5, 5.41) is 10.5. The van der Waals surface area contributed by atoms with Gasteiger partial charge in [0.25, 0.3) is 0 Å². The summed E-state index contributed by atoms with van der Waals surface area (Å²) in [7, 11) is 5.27. The van der Waals surface area contributed by atoms with Gasteiger partial charge in [-0.1, -0.05) is 36.4 Å². The predicted molar refractivity (Wildman–Crippen MR) is 104 cm³/mol. The molecule has 0 saturated heterocycles. The van der Waals surface area contributed by atoms with Gasteiger partial charge >= 0.3 is 33.9 Å². The third-order valence-corrected chi connectivity index (χ3v) is 4.17. The van der Waals surface area contributed by atoms with Gasteiger partial charge in [0.05, 0.1) is 20.3 Å². The van der Waals surface area contributed by atoms with Crippen molar-refractivity contribution in [2.24, 2.45) is 0 Å². The van der Waals surface area contributed by atoms with Crippen LogP contribution in [0, 0.1) is 20.0 Å². The molecule has 0 saturated carbocycles. The van der Waals surface area contributed by atoms with Gasteiger partial charge in [-0.2, -0.15) is 0 Å². The first-order valence-electron chi connectivity index (χ1n) is 8.32. The van der Waals surface area contributed by atoms with Crippen LogP contribution < -0.4 is 9.47 Å². The Labute approximate surface area is 188 Å². The minimum Gasteiger partial charge on any atom is 0 e. The molecule has 2 aromatic rings. The van der Waals surface area contributed by atoms with Gasteiger partial charge in [0.2, 0.25) is 0 Å². The summed E-state index contributed by atoms with van der Waals surface area (Å²) >= 11 is 0. The molecule has 2 aromatic carbocycles. The fraction of sp³-hybridized carbons (Fsp3) is 0.318. The van der Waals surface area contributed by atoms with Gasteiger partial charge in [-0.25, -0.2) is 0 Å². The Balaban J connectivity index is -0.000000955. The van der Waals surface area contributed by atoms with Crippen molar-refractivity contribution in [3.8, 4) is 11.5 Å². The van der Waals surface area contributed by atoms with E-state index in [9.17, 15) is 5.11 Å². The van der Waals surface area contributed by atoms with E-state index in [2.05, 4.69) is 24.9 Å². The molecule has 7 nitrogen and oxygen atoms in total. The van der Waals surface area contributed by atoms with Crippen molar-refractivity contribution in [3.63, 3.8) is 0 Å². The van der Waals surface area contributed by atoms with Gasteiger partial charge in [0.1, 0.15) is 0 Å². The number of benzene rings is 2. The van der Waals surface area contributed by atoms with Crippen LogP contribution in [0.5, 0.6) is 11.5 Å². The van der Waals surface area contributed by atoms with Crippen LogP contribution in [0.15, 0.2) is 48.5 Å². The number of methoxy groups -OCH3 is 2. The molecule has 0 aliphatic rings. The van der Waals surface area contributed by atoms with Gasteiger partial charge in [0.15, 0.2) is 11.5 Å². The van der Waals surface area contributed by atoms with Crippen molar-refractivity contribution in [3.05, 3.63) is 79.6 Å². The number of nitrogens with zero attached hydrogens (tertiary/aromatic N) is 1. The zero-order chi connectivity index (χ0) is 22.8. The summed E-state index contributed by atoms with van der Waals surface area (Å²) in [5.41, 5.74) is 2.04. The van der Waals surface area contributed by atoms with Crippen molar-refractivity contribution >= 4 is 0 Å². The Morgan fingerprint density at radius 3 is 1.87 bits per heavy atom. The molecule has 0 aliphatic heterocycles. The van der Waals surface area contributed by atoms with E-state index < -0.39 is 6.10 Å². The number of hydrogen-bond donors (Lipinski definition) is 1. The Morgan fingerprint density at radius 2 is 1.40 bits per heavy atom. The Bertz CT molecular complexity index is 734. The molecule has 0 aromatic heterocycles. The van der Waals surface area contributed by atoms with Crippen LogP contribution in [0.2, 0.25) is 0 Å². The van der Waals surface area contributed by atoms with Gasteiger partial charge in [-0.3, -0.25) is 4.90 Å². The first-order valence-corrected chi connectivity index (χ1v) is 8.32. The van der Waals surface area contributed by atoms with Gasteiger partial charge in [-0.05, 0) is 37.2 Å². The first-order chi connectivity index (χ1) is 14.1. The fourth-order valence-corrected chi connectivity index (χ4v) is 2.58. The molecule has 2 atom stereocenters. The van der Waals surface area contributed by atoms with Crippen LogP contribution in [0.4, 0.5) is 0 Å². The zero-order valence-corrected chi connectivity index (χ0v) is 18.6. The SMILES string of the molecule is COc1ccc(CN(C)[C@H](C)[C@H](O)c2ccccc2)cc1OC.[C-]#[O+].[C-]#[O+].[C-]#[O+].[Cr]. The topological polar surface area (TPSA) is 102 Å². The molecular formula is C22H25CrNO6. The maximum absolute atomic E-state index is 10.5. The normalized spacial score (nSPS) is 10.7. The molecule has 0 unspecified atom stereocenters. The molecular weight excluding hydrogens is 426 g/mol. The second-order valence-corrected chi connectivity index (χ2v) is 5.70. The van der Waals surface area contributed by atoms with Gasteiger partial charge in [-0.15, -0.1) is 0 Å². The van der Waals surface area contributed by atoms with Crippen molar-refractivity contribution in [2.75, 3.05) is 21.3 Å². The van der Waals surface area contributed by atoms with Crippen LogP contribution in [0.1, 0.15) is 24.2 Å². The molecule has 0 aliphatic carbocycles. The van der Waals surface area contributed by atoms with E-state index in [-0.39, 0.29) is 23.4 Å². The quantitative estimate of drug-likeness (QED) is 0.516. The second-order valence-electron chi connectivity index (χ2n) is 5.70. The molecule has 2 rings (SSSR count). The van der Waals surface area contributed by atoms with Crippen molar-refractivity contribution in [1.82, 2.24) is 4.90 Å². The van der Waals surface area contributed by atoms with Crippen molar-refractivity contribution in [1.29, 1.82) is 0 Å². The average molecular weight is 451 g/mol. The monoisotopic (exact) mass is 451 g/mol. The maximum Gasteiger partial charge on any atom is 0 e. The van der Waals surface area contributed by atoms with Gasteiger partial charge in [0, 0.05) is 29.9 Å². The summed E-state index contributed by atoms with van der Waals surface area (Å²) < 4.78 is 33.1. The van der Waals surface area contributed by atoms with Crippen LogP contribution in [0.3, 0.4) is 0 Å². The van der Waals surface area contributed by atoms with E-state index >= 15 is 0 Å². The largest absolute Gasteiger partial charge is 0 e. The zero-order valence-electron chi connectivity index (χ0n) is 17.3. The minimum atomic E-state index is -0.527. The van der Waals surface area contributed by atoms with E-state index in [4.69, 9.17) is 23.4 Å². The Hall–Kier alpha value is -2.29. The third-order valence-electron chi connectivity index (χ3n) is 4.17. The summed E-state index contributed by atoms with van der Waals surface area (Å²) in [5.74, 6) is 1.44. The van der Waals surface area contributed by atoms with Crippen molar-refractivity contribution < 1.29 is 45.9 Å².